The van der Waals surface area contributed by atoms with Gasteiger partial charge in [0.05, 0.1) is 6.54 Å². The van der Waals surface area contributed by atoms with E-state index in [9.17, 15) is 4.79 Å². The van der Waals surface area contributed by atoms with Crippen molar-refractivity contribution in [1.82, 2.24) is 4.90 Å². The fourth-order valence-corrected chi connectivity index (χ4v) is 4.01. The predicted molar refractivity (Wildman–Crippen MR) is 92.7 cm³/mol. The summed E-state index contributed by atoms with van der Waals surface area (Å²) in [4.78, 5) is 16.0. The molecule has 1 fully saturated rings. The number of amides is 1. The van der Waals surface area contributed by atoms with Crippen molar-refractivity contribution in [1.29, 1.82) is 0 Å². The average molecular weight is 335 g/mol. The monoisotopic (exact) mass is 334 g/mol. The fraction of sp³-hybridized carbons (Fsp3) is 0.353. The maximum absolute atomic E-state index is 12.4. The number of carbonyl (C=O) groups is 1. The summed E-state index contributed by atoms with van der Waals surface area (Å²) < 4.78 is 0. The van der Waals surface area contributed by atoms with E-state index in [0.29, 0.717) is 17.6 Å². The minimum Gasteiger partial charge on any atom is -0.325 e. The molecule has 1 aromatic heterocycles. The summed E-state index contributed by atoms with van der Waals surface area (Å²) in [6.45, 7) is 3.32. The Bertz CT molecular complexity index is 657. The Balaban J connectivity index is 1.65. The highest BCUT2D eigenvalue weighted by molar-refractivity contribution is 7.10. The van der Waals surface area contributed by atoms with E-state index in [1.165, 1.54) is 4.88 Å². The Morgan fingerprint density at radius 1 is 1.41 bits per heavy atom. The molecular formula is C17H19ClN2OS. The lowest BCUT2D eigenvalue weighted by Crippen LogP contribution is -2.32. The highest BCUT2D eigenvalue weighted by atomic mass is 35.5. The molecule has 0 aliphatic carbocycles. The minimum atomic E-state index is 0.0221. The van der Waals surface area contributed by atoms with E-state index in [1.807, 2.05) is 25.1 Å². The fourth-order valence-electron chi connectivity index (χ4n) is 2.94. The average Bonchev–Trinajstić information content (AvgIpc) is 3.14. The molecule has 2 aromatic rings. The van der Waals surface area contributed by atoms with Gasteiger partial charge < -0.3 is 5.32 Å². The second-order valence-corrected chi connectivity index (χ2v) is 6.99. The molecule has 1 N–H and O–H groups in total. The Morgan fingerprint density at radius 2 is 2.27 bits per heavy atom. The van der Waals surface area contributed by atoms with E-state index >= 15 is 0 Å². The van der Waals surface area contributed by atoms with Gasteiger partial charge in [-0.05, 0) is 55.5 Å². The van der Waals surface area contributed by atoms with Crippen LogP contribution in [0.25, 0.3) is 0 Å². The number of rotatable bonds is 4. The van der Waals surface area contributed by atoms with Crippen LogP contribution in [0, 0.1) is 6.92 Å². The van der Waals surface area contributed by atoms with Gasteiger partial charge in [-0.25, -0.2) is 0 Å². The Morgan fingerprint density at radius 3 is 3.05 bits per heavy atom. The number of thiophene rings is 1. The molecule has 0 spiro atoms. The number of hydrogen-bond acceptors (Lipinski definition) is 3. The molecule has 3 rings (SSSR count). The molecule has 1 aliphatic rings. The van der Waals surface area contributed by atoms with Crippen LogP contribution >= 0.6 is 22.9 Å². The second-order valence-electron chi connectivity index (χ2n) is 5.60. The minimum absolute atomic E-state index is 0.0221. The normalized spacial score (nSPS) is 18.5. The highest BCUT2D eigenvalue weighted by Crippen LogP contribution is 2.34. The number of benzene rings is 1. The second kappa shape index (κ2) is 6.82. The molecule has 1 aromatic carbocycles. The first-order chi connectivity index (χ1) is 10.6. The first kappa shape index (κ1) is 15.5. The van der Waals surface area contributed by atoms with Gasteiger partial charge >= 0.3 is 0 Å². The van der Waals surface area contributed by atoms with Crippen molar-refractivity contribution in [2.45, 2.75) is 25.8 Å². The molecule has 116 valence electrons. The van der Waals surface area contributed by atoms with Gasteiger partial charge in [-0.2, -0.15) is 0 Å². The van der Waals surface area contributed by atoms with Crippen LogP contribution in [0.2, 0.25) is 5.02 Å². The van der Waals surface area contributed by atoms with E-state index in [4.69, 9.17) is 11.6 Å². The van der Waals surface area contributed by atoms with Gasteiger partial charge in [0.25, 0.3) is 0 Å². The number of hydrogen-bond donors (Lipinski definition) is 1. The Labute approximate surface area is 139 Å². The number of nitrogens with one attached hydrogen (secondary N) is 1. The largest absolute Gasteiger partial charge is 0.325 e. The van der Waals surface area contributed by atoms with Crippen LogP contribution in [0.4, 0.5) is 5.69 Å². The number of nitrogens with zero attached hydrogens (tertiary/aromatic N) is 1. The lowest BCUT2D eigenvalue weighted by molar-refractivity contribution is -0.117. The molecule has 1 amide bonds. The van der Waals surface area contributed by atoms with Crippen LogP contribution in [0.1, 0.15) is 29.3 Å². The topological polar surface area (TPSA) is 32.3 Å². The molecule has 5 heteroatoms. The molecular weight excluding hydrogens is 316 g/mol. The van der Waals surface area contributed by atoms with Crippen molar-refractivity contribution in [3.8, 4) is 0 Å². The zero-order chi connectivity index (χ0) is 15.5. The standard InChI is InChI=1S/C17H19ClN2OS/c1-12-13(18)5-2-6-14(12)19-17(21)11-20-9-3-7-15(20)16-8-4-10-22-16/h2,4-6,8,10,15H,3,7,9,11H2,1H3,(H,19,21)/t15-/m1/s1. The highest BCUT2D eigenvalue weighted by Gasteiger charge is 2.28. The molecule has 1 saturated heterocycles. The van der Waals surface area contributed by atoms with Gasteiger partial charge in [0, 0.05) is 21.6 Å². The first-order valence-corrected chi connectivity index (χ1v) is 8.73. The molecule has 0 bridgehead atoms. The van der Waals surface area contributed by atoms with Crippen molar-refractivity contribution >= 4 is 34.5 Å². The third kappa shape index (κ3) is 3.35. The molecule has 0 unspecified atom stereocenters. The Hall–Kier alpha value is -1.36. The summed E-state index contributed by atoms with van der Waals surface area (Å²) in [7, 11) is 0. The van der Waals surface area contributed by atoms with Crippen molar-refractivity contribution in [3.05, 3.63) is 51.2 Å². The van der Waals surface area contributed by atoms with Crippen molar-refractivity contribution in [3.63, 3.8) is 0 Å². The van der Waals surface area contributed by atoms with Gasteiger partial charge in [-0.3, -0.25) is 9.69 Å². The molecule has 22 heavy (non-hydrogen) atoms. The molecule has 1 atom stereocenters. The zero-order valence-electron chi connectivity index (χ0n) is 12.5. The number of halogens is 1. The van der Waals surface area contributed by atoms with Gasteiger partial charge in [0.15, 0.2) is 0 Å². The molecule has 1 aliphatic heterocycles. The van der Waals surface area contributed by atoms with Crippen LogP contribution in [0.5, 0.6) is 0 Å². The van der Waals surface area contributed by atoms with Crippen LogP contribution in [0.3, 0.4) is 0 Å². The number of likely N-dealkylation sites (tertiary alicyclic amines) is 1. The smallest absolute Gasteiger partial charge is 0.238 e. The summed E-state index contributed by atoms with van der Waals surface area (Å²) in [5.41, 5.74) is 1.71. The van der Waals surface area contributed by atoms with E-state index in [0.717, 1.165) is 30.6 Å². The van der Waals surface area contributed by atoms with Gasteiger partial charge in [-0.15, -0.1) is 11.3 Å². The van der Waals surface area contributed by atoms with E-state index < -0.39 is 0 Å². The van der Waals surface area contributed by atoms with E-state index in [2.05, 4.69) is 27.7 Å². The Kier molecular flexibility index (Phi) is 4.81. The third-order valence-electron chi connectivity index (χ3n) is 4.12. The van der Waals surface area contributed by atoms with Gasteiger partial charge in [0.2, 0.25) is 5.91 Å². The molecule has 0 radical (unpaired) electrons. The lowest BCUT2D eigenvalue weighted by atomic mass is 10.2. The number of carbonyl (C=O) groups excluding carboxylic acids is 1. The van der Waals surface area contributed by atoms with Crippen molar-refractivity contribution in [2.24, 2.45) is 0 Å². The molecule has 2 heterocycles. The summed E-state index contributed by atoms with van der Waals surface area (Å²) in [5, 5.41) is 5.76. The maximum Gasteiger partial charge on any atom is 0.238 e. The SMILES string of the molecule is Cc1c(Cl)cccc1NC(=O)CN1CCC[C@@H]1c1cccs1. The van der Waals surface area contributed by atoms with Crippen LogP contribution in [-0.2, 0) is 4.79 Å². The first-order valence-electron chi connectivity index (χ1n) is 7.47. The zero-order valence-corrected chi connectivity index (χ0v) is 14.1. The third-order valence-corrected chi connectivity index (χ3v) is 5.51. The maximum atomic E-state index is 12.4. The van der Waals surface area contributed by atoms with Crippen LogP contribution in [-0.4, -0.2) is 23.9 Å². The van der Waals surface area contributed by atoms with Crippen LogP contribution in [0.15, 0.2) is 35.7 Å². The summed E-state index contributed by atoms with van der Waals surface area (Å²) in [6.07, 6.45) is 2.27. The summed E-state index contributed by atoms with van der Waals surface area (Å²) in [6, 6.07) is 10.2. The van der Waals surface area contributed by atoms with E-state index in [1.54, 1.807) is 11.3 Å². The van der Waals surface area contributed by atoms with Crippen molar-refractivity contribution < 1.29 is 4.79 Å². The van der Waals surface area contributed by atoms with Crippen LogP contribution < -0.4 is 5.32 Å². The molecule has 0 saturated carbocycles. The van der Waals surface area contributed by atoms with Gasteiger partial charge in [-0.1, -0.05) is 23.7 Å². The lowest BCUT2D eigenvalue weighted by Gasteiger charge is -2.23. The summed E-state index contributed by atoms with van der Waals surface area (Å²) in [5.74, 6) is 0.0221. The predicted octanol–water partition coefficient (Wildman–Crippen LogP) is 4.49. The molecule has 3 nitrogen and oxygen atoms in total. The summed E-state index contributed by atoms with van der Waals surface area (Å²) >= 11 is 7.87. The van der Waals surface area contributed by atoms with E-state index in [-0.39, 0.29) is 5.91 Å². The number of anilines is 1. The van der Waals surface area contributed by atoms with Crippen molar-refractivity contribution in [2.75, 3.05) is 18.4 Å². The quantitative estimate of drug-likeness (QED) is 0.893. The van der Waals surface area contributed by atoms with Gasteiger partial charge in [0.1, 0.15) is 0 Å².